The summed E-state index contributed by atoms with van der Waals surface area (Å²) < 4.78 is 35.3. The van der Waals surface area contributed by atoms with E-state index in [1.165, 1.54) is 7.05 Å². The van der Waals surface area contributed by atoms with E-state index in [2.05, 4.69) is 15.6 Å². The minimum absolute atomic E-state index is 0. The van der Waals surface area contributed by atoms with E-state index in [0.29, 0.717) is 5.96 Å². The van der Waals surface area contributed by atoms with Crippen molar-refractivity contribution in [1.82, 2.24) is 10.6 Å². The fourth-order valence-corrected chi connectivity index (χ4v) is 0.791. The summed E-state index contributed by atoms with van der Waals surface area (Å²) in [6.45, 7) is 3.61. The van der Waals surface area contributed by atoms with Crippen LogP contribution >= 0.6 is 24.0 Å². The van der Waals surface area contributed by atoms with Gasteiger partial charge in [0.2, 0.25) is 0 Å². The molecule has 7 heteroatoms. The van der Waals surface area contributed by atoms with Crippen molar-refractivity contribution in [1.29, 1.82) is 0 Å². The highest BCUT2D eigenvalue weighted by Gasteiger charge is 2.26. The van der Waals surface area contributed by atoms with Crippen LogP contribution in [0.4, 0.5) is 13.2 Å². The molecule has 0 rings (SSSR count). The van der Waals surface area contributed by atoms with Gasteiger partial charge in [-0.1, -0.05) is 0 Å². The highest BCUT2D eigenvalue weighted by Crippen LogP contribution is 2.17. The van der Waals surface area contributed by atoms with E-state index in [4.69, 9.17) is 0 Å². The molecular weight excluding hydrogens is 322 g/mol. The number of rotatable bonds is 3. The molecule has 15 heavy (non-hydrogen) atoms. The van der Waals surface area contributed by atoms with Crippen molar-refractivity contribution >= 4 is 29.9 Å². The molecule has 0 heterocycles. The smallest absolute Gasteiger partial charge is 0.356 e. The lowest BCUT2D eigenvalue weighted by Crippen LogP contribution is -2.42. The second-order valence-electron chi connectivity index (χ2n) is 3.16. The van der Waals surface area contributed by atoms with E-state index in [1.807, 2.05) is 13.8 Å². The van der Waals surface area contributed by atoms with Gasteiger partial charge >= 0.3 is 6.18 Å². The summed E-state index contributed by atoms with van der Waals surface area (Å²) in [5.41, 5.74) is 0. The van der Waals surface area contributed by atoms with Crippen LogP contribution in [0, 0.1) is 0 Å². The second kappa shape index (κ2) is 8.00. The predicted octanol–water partition coefficient (Wildman–Crippen LogP) is 2.13. The Balaban J connectivity index is 0. The molecule has 0 aliphatic rings. The first kappa shape index (κ1) is 17.2. The van der Waals surface area contributed by atoms with Crippen LogP contribution in [0.3, 0.4) is 0 Å². The molecule has 0 aliphatic carbocycles. The summed E-state index contributed by atoms with van der Waals surface area (Å²) in [5.74, 6) is 0.393. The molecule has 0 atom stereocenters. The summed E-state index contributed by atoms with van der Waals surface area (Å²) in [6, 6.07) is 0.145. The van der Waals surface area contributed by atoms with Crippen LogP contribution in [0.5, 0.6) is 0 Å². The van der Waals surface area contributed by atoms with Crippen LogP contribution in [0.25, 0.3) is 0 Å². The summed E-state index contributed by atoms with van der Waals surface area (Å²) in [6.07, 6.45) is -4.98. The monoisotopic (exact) mass is 339 g/mol. The molecule has 0 amide bonds. The first-order valence-electron chi connectivity index (χ1n) is 4.39. The summed E-state index contributed by atoms with van der Waals surface area (Å²) in [4.78, 5) is 3.77. The van der Waals surface area contributed by atoms with Crippen LogP contribution in [-0.2, 0) is 0 Å². The van der Waals surface area contributed by atoms with E-state index >= 15 is 0 Å². The Morgan fingerprint density at radius 3 is 2.20 bits per heavy atom. The van der Waals surface area contributed by atoms with Crippen LogP contribution in [0.2, 0.25) is 0 Å². The zero-order valence-electron chi connectivity index (χ0n) is 8.98. The van der Waals surface area contributed by atoms with Gasteiger partial charge in [-0.05, 0) is 13.8 Å². The number of hydrogen-bond donors (Lipinski definition) is 2. The molecule has 92 valence electrons. The molecule has 0 saturated heterocycles. The third-order valence-corrected chi connectivity index (χ3v) is 1.35. The number of hydrogen-bond acceptors (Lipinski definition) is 1. The maximum atomic E-state index is 11.8. The van der Waals surface area contributed by atoms with Gasteiger partial charge < -0.3 is 10.6 Å². The molecule has 0 aromatic rings. The Labute approximate surface area is 105 Å². The molecule has 0 spiro atoms. The fraction of sp³-hybridized carbons (Fsp3) is 0.875. The topological polar surface area (TPSA) is 36.4 Å². The van der Waals surface area contributed by atoms with Crippen LogP contribution in [0.15, 0.2) is 4.99 Å². The molecule has 0 unspecified atom stereocenters. The van der Waals surface area contributed by atoms with Gasteiger partial charge in [0.25, 0.3) is 0 Å². The molecule has 0 bridgehead atoms. The maximum absolute atomic E-state index is 11.8. The predicted molar refractivity (Wildman–Crippen MR) is 65.7 cm³/mol. The number of nitrogens with zero attached hydrogens (tertiary/aromatic N) is 1. The van der Waals surface area contributed by atoms with E-state index in [0.717, 1.165) is 0 Å². The van der Waals surface area contributed by atoms with Crippen molar-refractivity contribution < 1.29 is 13.2 Å². The van der Waals surface area contributed by atoms with Gasteiger partial charge in [0, 0.05) is 19.6 Å². The van der Waals surface area contributed by atoms with Crippen molar-refractivity contribution in [2.45, 2.75) is 32.5 Å². The third-order valence-electron chi connectivity index (χ3n) is 1.35. The first-order valence-corrected chi connectivity index (χ1v) is 4.39. The van der Waals surface area contributed by atoms with Crippen molar-refractivity contribution in [3.05, 3.63) is 0 Å². The minimum atomic E-state index is -4.12. The Kier molecular flexibility index (Phi) is 9.17. The van der Waals surface area contributed by atoms with Gasteiger partial charge in [0.05, 0.1) is 6.42 Å². The van der Waals surface area contributed by atoms with Crippen molar-refractivity contribution in [3.63, 3.8) is 0 Å². The van der Waals surface area contributed by atoms with Gasteiger partial charge in [-0.15, -0.1) is 24.0 Å². The van der Waals surface area contributed by atoms with Gasteiger partial charge in [-0.25, -0.2) is 0 Å². The van der Waals surface area contributed by atoms with Crippen molar-refractivity contribution in [2.24, 2.45) is 4.99 Å². The van der Waals surface area contributed by atoms with Crippen LogP contribution in [-0.4, -0.2) is 31.8 Å². The number of guanidine groups is 1. The third kappa shape index (κ3) is 11.7. The van der Waals surface area contributed by atoms with Gasteiger partial charge in [0.15, 0.2) is 5.96 Å². The molecular formula is C8H17F3IN3. The second-order valence-corrected chi connectivity index (χ2v) is 3.16. The standard InChI is InChI=1S/C8H16F3N3.HI/c1-6(2)14-7(12-3)13-5-4-8(9,10)11;/h6H,4-5H2,1-3H3,(H2,12,13,14);1H. The van der Waals surface area contributed by atoms with Crippen LogP contribution < -0.4 is 10.6 Å². The normalized spacial score (nSPS) is 12.3. The molecule has 0 saturated carbocycles. The molecule has 0 aliphatic heterocycles. The lowest BCUT2D eigenvalue weighted by molar-refractivity contribution is -0.132. The SMILES string of the molecule is CN=C(NCCC(F)(F)F)NC(C)C.I. The van der Waals surface area contributed by atoms with E-state index < -0.39 is 12.6 Å². The first-order chi connectivity index (χ1) is 6.35. The molecule has 0 aromatic heterocycles. The van der Waals surface area contributed by atoms with E-state index in [1.54, 1.807) is 0 Å². The Bertz CT molecular complexity index is 192. The Morgan fingerprint density at radius 2 is 1.87 bits per heavy atom. The largest absolute Gasteiger partial charge is 0.390 e. The van der Waals surface area contributed by atoms with Crippen molar-refractivity contribution in [2.75, 3.05) is 13.6 Å². The van der Waals surface area contributed by atoms with Crippen LogP contribution in [0.1, 0.15) is 20.3 Å². The van der Waals surface area contributed by atoms with Gasteiger partial charge in [0.1, 0.15) is 0 Å². The van der Waals surface area contributed by atoms with Gasteiger partial charge in [-0.3, -0.25) is 4.99 Å². The maximum Gasteiger partial charge on any atom is 0.390 e. The lowest BCUT2D eigenvalue weighted by Gasteiger charge is -2.14. The zero-order chi connectivity index (χ0) is 11.2. The highest BCUT2D eigenvalue weighted by atomic mass is 127. The summed E-state index contributed by atoms with van der Waals surface area (Å²) in [7, 11) is 1.52. The van der Waals surface area contributed by atoms with Crippen molar-refractivity contribution in [3.8, 4) is 0 Å². The molecule has 3 nitrogen and oxygen atoms in total. The van der Waals surface area contributed by atoms with Gasteiger partial charge in [-0.2, -0.15) is 13.2 Å². The Morgan fingerprint density at radius 1 is 1.33 bits per heavy atom. The van der Waals surface area contributed by atoms with E-state index in [9.17, 15) is 13.2 Å². The summed E-state index contributed by atoms with van der Waals surface area (Å²) >= 11 is 0. The number of aliphatic imine (C=N–C) groups is 1. The Hall–Kier alpha value is -0.210. The minimum Gasteiger partial charge on any atom is -0.356 e. The number of halogens is 4. The highest BCUT2D eigenvalue weighted by molar-refractivity contribution is 14.0. The fourth-order valence-electron chi connectivity index (χ4n) is 0.791. The average molecular weight is 339 g/mol. The number of nitrogens with one attached hydrogen (secondary N) is 2. The number of alkyl halides is 3. The average Bonchev–Trinajstić information content (AvgIpc) is 1.99. The molecule has 2 N–H and O–H groups in total. The lowest BCUT2D eigenvalue weighted by atomic mass is 10.4. The molecule has 0 radical (unpaired) electrons. The summed E-state index contributed by atoms with van der Waals surface area (Å²) in [5, 5.41) is 5.46. The molecule has 0 fully saturated rings. The quantitative estimate of drug-likeness (QED) is 0.470. The zero-order valence-corrected chi connectivity index (χ0v) is 11.3. The molecule has 0 aromatic carbocycles. The van der Waals surface area contributed by atoms with E-state index in [-0.39, 0.29) is 36.6 Å².